The number of nitro groups is 1. The van der Waals surface area contributed by atoms with Gasteiger partial charge in [0.25, 0.3) is 5.69 Å². The van der Waals surface area contributed by atoms with Crippen molar-refractivity contribution < 1.29 is 18.8 Å². The molecule has 0 aliphatic carbocycles. The number of benzene rings is 1. The Morgan fingerprint density at radius 3 is 2.33 bits per heavy atom. The summed E-state index contributed by atoms with van der Waals surface area (Å²) in [5, 5.41) is 10.9. The van der Waals surface area contributed by atoms with E-state index in [0.29, 0.717) is 75.7 Å². The third kappa shape index (κ3) is 3.96. The van der Waals surface area contributed by atoms with Crippen LogP contribution in [0.4, 0.5) is 11.6 Å². The molecule has 1 aromatic carbocycles. The van der Waals surface area contributed by atoms with Gasteiger partial charge in [0.15, 0.2) is 0 Å². The Balaban J connectivity index is 1.78. The second-order valence-corrected chi connectivity index (χ2v) is 6.22. The van der Waals surface area contributed by atoms with Crippen LogP contribution in [0, 0.1) is 10.1 Å². The van der Waals surface area contributed by atoms with Crippen LogP contribution in [0.3, 0.4) is 0 Å². The van der Waals surface area contributed by atoms with Crippen LogP contribution in [0.5, 0.6) is 0 Å². The predicted molar refractivity (Wildman–Crippen MR) is 95.2 cm³/mol. The number of non-ortho nitro benzene ring substituents is 1. The zero-order valence-corrected chi connectivity index (χ0v) is 14.7. The second-order valence-electron chi connectivity index (χ2n) is 6.22. The molecule has 2 aromatic rings. The van der Waals surface area contributed by atoms with Crippen LogP contribution in [0.25, 0.3) is 11.5 Å². The summed E-state index contributed by atoms with van der Waals surface area (Å²) in [6.45, 7) is 5.23. The van der Waals surface area contributed by atoms with Crippen molar-refractivity contribution in [1.29, 1.82) is 0 Å². The van der Waals surface area contributed by atoms with Crippen molar-refractivity contribution >= 4 is 11.6 Å². The molecule has 0 radical (unpaired) electrons. The highest BCUT2D eigenvalue weighted by atomic mass is 16.6. The quantitative estimate of drug-likeness (QED) is 0.428. The third-order valence-electron chi connectivity index (χ3n) is 4.49. The SMILES string of the molecule is O=[N+]([O-])c1ccc(-c2nc(N3CCOCC3)nc(=[N+]3CCOCC3)o2)cc1. The molecule has 2 aliphatic rings. The molecule has 2 fully saturated rings. The van der Waals surface area contributed by atoms with E-state index in [1.165, 1.54) is 12.1 Å². The van der Waals surface area contributed by atoms with Crippen molar-refractivity contribution in [3.05, 3.63) is 40.1 Å². The molecule has 2 saturated heterocycles. The van der Waals surface area contributed by atoms with Gasteiger partial charge in [-0.15, -0.1) is 0 Å². The Hall–Kier alpha value is -2.85. The Bertz CT molecular complexity index is 881. The van der Waals surface area contributed by atoms with Crippen LogP contribution in [0.2, 0.25) is 0 Å². The normalized spacial score (nSPS) is 17.8. The monoisotopic (exact) mass is 374 g/mol. The zero-order valence-electron chi connectivity index (χ0n) is 14.7. The van der Waals surface area contributed by atoms with E-state index in [9.17, 15) is 10.1 Å². The maximum Gasteiger partial charge on any atom is 0.504 e. The molecule has 0 amide bonds. The van der Waals surface area contributed by atoms with Crippen LogP contribution < -0.4 is 15.2 Å². The summed E-state index contributed by atoms with van der Waals surface area (Å²) in [6, 6.07) is 6.15. The fraction of sp³-hybridized carbons (Fsp3) is 0.471. The summed E-state index contributed by atoms with van der Waals surface area (Å²) >= 11 is 0. The molecule has 27 heavy (non-hydrogen) atoms. The highest BCUT2D eigenvalue weighted by molar-refractivity contribution is 5.56. The van der Waals surface area contributed by atoms with Gasteiger partial charge in [-0.2, -0.15) is 4.98 Å². The lowest BCUT2D eigenvalue weighted by molar-refractivity contribution is -0.384. The summed E-state index contributed by atoms with van der Waals surface area (Å²) in [5.41, 5.74) is 1.16. The largest absolute Gasteiger partial charge is 0.504 e. The van der Waals surface area contributed by atoms with Crippen molar-refractivity contribution in [2.45, 2.75) is 0 Å². The molecule has 3 heterocycles. The van der Waals surface area contributed by atoms with Gasteiger partial charge < -0.3 is 18.8 Å². The number of hydrogen-bond donors (Lipinski definition) is 0. The highest BCUT2D eigenvalue weighted by Gasteiger charge is 2.23. The molecule has 0 N–H and O–H groups in total. The molecule has 0 spiro atoms. The molecule has 0 saturated carbocycles. The number of ether oxygens (including phenoxy) is 2. The van der Waals surface area contributed by atoms with E-state index in [1.807, 2.05) is 4.58 Å². The molecule has 0 bridgehead atoms. The first kappa shape index (κ1) is 17.6. The summed E-state index contributed by atoms with van der Waals surface area (Å²) in [4.78, 5) is 21.7. The standard InChI is InChI=1S/C17H20N5O5/c23-22(24)14-3-1-13(2-4-14)15-18-16(20-5-9-25-10-6-20)19-17(27-15)21-7-11-26-12-8-21/h1-4H,5-12H2/q+1. The second kappa shape index (κ2) is 7.80. The lowest BCUT2D eigenvalue weighted by Gasteiger charge is -2.24. The van der Waals surface area contributed by atoms with Gasteiger partial charge in [0.1, 0.15) is 13.1 Å². The van der Waals surface area contributed by atoms with Crippen molar-refractivity contribution in [2.24, 2.45) is 0 Å². The van der Waals surface area contributed by atoms with Gasteiger partial charge in [0, 0.05) is 35.8 Å². The van der Waals surface area contributed by atoms with Crippen LogP contribution in [-0.4, -0.2) is 67.5 Å². The van der Waals surface area contributed by atoms with Crippen LogP contribution in [0.1, 0.15) is 0 Å². The van der Waals surface area contributed by atoms with Gasteiger partial charge in [0.05, 0.1) is 31.4 Å². The lowest BCUT2D eigenvalue weighted by Crippen LogP contribution is -2.43. The van der Waals surface area contributed by atoms with Crippen LogP contribution in [0.15, 0.2) is 28.7 Å². The fourth-order valence-corrected chi connectivity index (χ4v) is 2.98. The minimum atomic E-state index is -0.431. The lowest BCUT2D eigenvalue weighted by atomic mass is 10.2. The maximum atomic E-state index is 10.9. The summed E-state index contributed by atoms with van der Waals surface area (Å²) in [6.07, 6.45) is 0. The molecule has 1 aromatic heterocycles. The van der Waals surface area contributed by atoms with Gasteiger partial charge in [-0.05, 0) is 12.1 Å². The number of nitro benzene ring substituents is 1. The summed E-state index contributed by atoms with van der Waals surface area (Å²) < 4.78 is 18.8. The van der Waals surface area contributed by atoms with Crippen molar-refractivity contribution in [2.75, 3.05) is 57.5 Å². The Morgan fingerprint density at radius 1 is 1.00 bits per heavy atom. The minimum Gasteiger partial charge on any atom is -0.378 e. The number of aromatic nitrogens is 2. The highest BCUT2D eigenvalue weighted by Crippen LogP contribution is 2.21. The Morgan fingerprint density at radius 2 is 1.67 bits per heavy atom. The molecule has 10 heteroatoms. The van der Waals surface area contributed by atoms with E-state index >= 15 is 0 Å². The molecule has 0 atom stereocenters. The van der Waals surface area contributed by atoms with E-state index in [1.54, 1.807) is 12.1 Å². The topological polar surface area (TPSA) is 107 Å². The first-order valence-electron chi connectivity index (χ1n) is 8.83. The molecule has 10 nitrogen and oxygen atoms in total. The molecule has 142 valence electrons. The zero-order chi connectivity index (χ0) is 18.6. The van der Waals surface area contributed by atoms with E-state index < -0.39 is 4.92 Å². The number of rotatable bonds is 3. The summed E-state index contributed by atoms with van der Waals surface area (Å²) in [5.74, 6) is 0.947. The van der Waals surface area contributed by atoms with Crippen molar-refractivity contribution in [3.63, 3.8) is 0 Å². The first-order valence-corrected chi connectivity index (χ1v) is 8.83. The molecular formula is C17H20N5O5+. The number of nitrogens with zero attached hydrogens (tertiary/aromatic N) is 5. The molecule has 0 unspecified atom stereocenters. The number of hydrogen-bond acceptors (Lipinski definition) is 8. The van der Waals surface area contributed by atoms with Gasteiger partial charge in [0.2, 0.25) is 5.89 Å². The predicted octanol–water partition coefficient (Wildman–Crippen LogP) is 0.284. The van der Waals surface area contributed by atoms with E-state index in [-0.39, 0.29) is 5.69 Å². The maximum absolute atomic E-state index is 10.9. The van der Waals surface area contributed by atoms with Gasteiger partial charge in [-0.1, -0.05) is 0 Å². The minimum absolute atomic E-state index is 0.0228. The van der Waals surface area contributed by atoms with Gasteiger partial charge in [-0.3, -0.25) is 10.1 Å². The van der Waals surface area contributed by atoms with Crippen LogP contribution >= 0.6 is 0 Å². The van der Waals surface area contributed by atoms with Crippen LogP contribution in [-0.2, 0) is 9.47 Å². The number of anilines is 1. The number of morpholine rings is 2. The molecule has 4 rings (SSSR count). The Kier molecular flexibility index (Phi) is 5.07. The average Bonchev–Trinajstić information content (AvgIpc) is 2.75. The molecule has 2 aliphatic heterocycles. The Labute approximate surface area is 154 Å². The van der Waals surface area contributed by atoms with Crippen molar-refractivity contribution in [3.8, 4) is 11.5 Å². The van der Waals surface area contributed by atoms with Gasteiger partial charge in [-0.25, -0.2) is 4.58 Å². The van der Waals surface area contributed by atoms with E-state index in [0.717, 1.165) is 0 Å². The average molecular weight is 374 g/mol. The van der Waals surface area contributed by atoms with E-state index in [4.69, 9.17) is 13.9 Å². The molecular weight excluding hydrogens is 354 g/mol. The van der Waals surface area contributed by atoms with Gasteiger partial charge >= 0.3 is 11.6 Å². The fourth-order valence-electron chi connectivity index (χ4n) is 2.98. The first-order chi connectivity index (χ1) is 13.2. The summed E-state index contributed by atoms with van der Waals surface area (Å²) in [7, 11) is 0. The smallest absolute Gasteiger partial charge is 0.378 e. The van der Waals surface area contributed by atoms with E-state index in [2.05, 4.69) is 14.9 Å². The van der Waals surface area contributed by atoms with Crippen molar-refractivity contribution in [1.82, 2.24) is 14.5 Å². The third-order valence-corrected chi connectivity index (χ3v) is 4.49.